The van der Waals surface area contributed by atoms with Gasteiger partial charge in [0, 0.05) is 11.1 Å². The Balaban J connectivity index is 1.47. The van der Waals surface area contributed by atoms with Crippen molar-refractivity contribution in [2.45, 2.75) is 20.8 Å². The number of hydrogen-bond acceptors (Lipinski definition) is 4. The Labute approximate surface area is 163 Å². The van der Waals surface area contributed by atoms with Crippen molar-refractivity contribution < 1.29 is 4.79 Å². The number of nitrogens with one attached hydrogen (secondary N) is 2. The fourth-order valence-corrected chi connectivity index (χ4v) is 4.21. The van der Waals surface area contributed by atoms with Crippen molar-refractivity contribution in [2.75, 3.05) is 16.4 Å². The van der Waals surface area contributed by atoms with Gasteiger partial charge in [0.15, 0.2) is 5.17 Å². The molecule has 136 valence electrons. The minimum Gasteiger partial charge on any atom is -0.334 e. The van der Waals surface area contributed by atoms with Gasteiger partial charge in [-0.25, -0.2) is 4.99 Å². The minimum atomic E-state index is -0.0309. The summed E-state index contributed by atoms with van der Waals surface area (Å²) in [5.41, 5.74) is 6.24. The molecular weight excluding hydrogens is 354 g/mol. The van der Waals surface area contributed by atoms with Gasteiger partial charge in [0.05, 0.1) is 17.1 Å². The van der Waals surface area contributed by atoms with Crippen LogP contribution in [0.5, 0.6) is 0 Å². The van der Waals surface area contributed by atoms with E-state index in [9.17, 15) is 4.79 Å². The third kappa shape index (κ3) is 3.55. The zero-order valence-electron chi connectivity index (χ0n) is 15.6. The van der Waals surface area contributed by atoms with E-state index in [0.717, 1.165) is 44.1 Å². The summed E-state index contributed by atoms with van der Waals surface area (Å²) >= 11 is 1.41. The van der Waals surface area contributed by atoms with E-state index in [4.69, 9.17) is 0 Å². The number of thioether (sulfide) groups is 1. The molecule has 0 radical (unpaired) electrons. The van der Waals surface area contributed by atoms with Crippen LogP contribution in [-0.2, 0) is 4.79 Å². The summed E-state index contributed by atoms with van der Waals surface area (Å²) in [4.78, 5) is 17.1. The molecular formula is C22H21N3OS. The molecule has 0 aromatic heterocycles. The van der Waals surface area contributed by atoms with Crippen molar-refractivity contribution in [1.82, 2.24) is 0 Å². The quantitative estimate of drug-likeness (QED) is 0.631. The van der Waals surface area contributed by atoms with Gasteiger partial charge in [-0.2, -0.15) is 0 Å². The third-order valence-electron chi connectivity index (χ3n) is 4.63. The molecule has 1 amide bonds. The van der Waals surface area contributed by atoms with Crippen molar-refractivity contribution in [3.63, 3.8) is 0 Å². The highest BCUT2D eigenvalue weighted by molar-refractivity contribution is 8.14. The van der Waals surface area contributed by atoms with Gasteiger partial charge in [0.25, 0.3) is 0 Å². The Morgan fingerprint density at radius 2 is 1.78 bits per heavy atom. The maximum Gasteiger partial charge on any atom is 0.234 e. The van der Waals surface area contributed by atoms with Crippen molar-refractivity contribution in [2.24, 2.45) is 4.99 Å². The highest BCUT2D eigenvalue weighted by Gasteiger charge is 2.16. The average Bonchev–Trinajstić information content (AvgIpc) is 2.63. The summed E-state index contributed by atoms with van der Waals surface area (Å²) < 4.78 is 0. The van der Waals surface area contributed by atoms with Crippen molar-refractivity contribution in [1.29, 1.82) is 0 Å². The van der Waals surface area contributed by atoms with Gasteiger partial charge in [-0.1, -0.05) is 53.7 Å². The fraction of sp³-hybridized carbons (Fsp3) is 0.182. The molecule has 1 aliphatic rings. The standard InChI is InChI=1S/C22H21N3OS/c1-13-10-14(2)21(15(3)11-13)25-19(26)12-27-22-23-17-8-4-6-16-7-5-9-18(24-22)20(16)17/h4-11H,12H2,1-3H3,(H,23,24)(H,25,26). The van der Waals surface area contributed by atoms with E-state index in [2.05, 4.69) is 46.8 Å². The van der Waals surface area contributed by atoms with Crippen molar-refractivity contribution in [3.05, 3.63) is 65.2 Å². The molecule has 2 N–H and O–H groups in total. The second kappa shape index (κ2) is 7.08. The summed E-state index contributed by atoms with van der Waals surface area (Å²) in [5, 5.41) is 9.41. The molecule has 0 unspecified atom stereocenters. The number of aliphatic imine (C=N–C) groups is 1. The molecule has 0 saturated carbocycles. The maximum atomic E-state index is 12.5. The molecule has 4 rings (SSSR count). The van der Waals surface area contributed by atoms with Gasteiger partial charge in [0.1, 0.15) is 0 Å². The lowest BCUT2D eigenvalue weighted by molar-refractivity contribution is -0.113. The van der Waals surface area contributed by atoms with E-state index in [1.165, 1.54) is 17.3 Å². The van der Waals surface area contributed by atoms with Crippen LogP contribution < -0.4 is 10.6 Å². The molecule has 0 fully saturated rings. The van der Waals surface area contributed by atoms with Crippen LogP contribution in [0.3, 0.4) is 0 Å². The van der Waals surface area contributed by atoms with Crippen molar-refractivity contribution in [3.8, 4) is 0 Å². The number of hydrogen-bond donors (Lipinski definition) is 2. The molecule has 5 heteroatoms. The van der Waals surface area contributed by atoms with Crippen LogP contribution in [-0.4, -0.2) is 16.8 Å². The fourth-order valence-electron chi connectivity index (χ4n) is 3.53. The van der Waals surface area contributed by atoms with Gasteiger partial charge in [-0.05, 0) is 49.4 Å². The second-order valence-electron chi connectivity index (χ2n) is 6.83. The van der Waals surface area contributed by atoms with Gasteiger partial charge >= 0.3 is 0 Å². The number of rotatable bonds is 3. The number of nitrogens with zero attached hydrogens (tertiary/aromatic N) is 1. The van der Waals surface area contributed by atoms with E-state index in [1.54, 1.807) is 0 Å². The summed E-state index contributed by atoms with van der Waals surface area (Å²) in [6.45, 7) is 6.10. The first-order chi connectivity index (χ1) is 13.0. The number of benzene rings is 3. The summed E-state index contributed by atoms with van der Waals surface area (Å²) in [5.74, 6) is 0.271. The molecule has 1 aliphatic heterocycles. The van der Waals surface area contributed by atoms with Crippen LogP contribution in [0.4, 0.5) is 17.1 Å². The molecule has 27 heavy (non-hydrogen) atoms. The first-order valence-electron chi connectivity index (χ1n) is 8.89. The first-order valence-corrected chi connectivity index (χ1v) is 9.88. The van der Waals surface area contributed by atoms with E-state index < -0.39 is 0 Å². The van der Waals surface area contributed by atoms with Crippen LogP contribution >= 0.6 is 11.8 Å². The smallest absolute Gasteiger partial charge is 0.234 e. The number of anilines is 2. The number of carbonyl (C=O) groups is 1. The first kappa shape index (κ1) is 17.6. The molecule has 3 aromatic rings. The minimum absolute atomic E-state index is 0.0309. The zero-order chi connectivity index (χ0) is 19.0. The lowest BCUT2D eigenvalue weighted by atomic mass is 10.1. The molecule has 1 heterocycles. The predicted molar refractivity (Wildman–Crippen MR) is 116 cm³/mol. The van der Waals surface area contributed by atoms with Crippen LogP contribution in [0.2, 0.25) is 0 Å². The van der Waals surface area contributed by atoms with Crippen LogP contribution in [0.15, 0.2) is 53.5 Å². The second-order valence-corrected chi connectivity index (χ2v) is 7.80. The highest BCUT2D eigenvalue weighted by atomic mass is 32.2. The molecule has 0 atom stereocenters. The van der Waals surface area contributed by atoms with E-state index in [1.807, 2.05) is 38.1 Å². The average molecular weight is 375 g/mol. The van der Waals surface area contributed by atoms with Crippen LogP contribution in [0.1, 0.15) is 16.7 Å². The van der Waals surface area contributed by atoms with Crippen LogP contribution in [0, 0.1) is 20.8 Å². The Hall–Kier alpha value is -2.79. The number of carbonyl (C=O) groups excluding carboxylic acids is 1. The molecule has 3 aromatic carbocycles. The highest BCUT2D eigenvalue weighted by Crippen LogP contribution is 2.36. The third-order valence-corrected chi connectivity index (χ3v) is 5.50. The van der Waals surface area contributed by atoms with E-state index >= 15 is 0 Å². The van der Waals surface area contributed by atoms with Gasteiger partial charge in [-0.3, -0.25) is 4.79 Å². The Morgan fingerprint density at radius 1 is 1.07 bits per heavy atom. The lowest BCUT2D eigenvalue weighted by Crippen LogP contribution is -2.19. The molecule has 0 aliphatic carbocycles. The number of amides is 1. The molecule has 0 saturated heterocycles. The maximum absolute atomic E-state index is 12.5. The Kier molecular flexibility index (Phi) is 4.62. The zero-order valence-corrected chi connectivity index (χ0v) is 16.4. The predicted octanol–water partition coefficient (Wildman–Crippen LogP) is 5.55. The molecule has 4 nitrogen and oxygen atoms in total. The number of amidine groups is 1. The molecule has 0 spiro atoms. The monoisotopic (exact) mass is 375 g/mol. The summed E-state index contributed by atoms with van der Waals surface area (Å²) in [7, 11) is 0. The number of aryl methyl sites for hydroxylation is 3. The Bertz CT molecular complexity index is 1060. The summed E-state index contributed by atoms with van der Waals surface area (Å²) in [6, 6.07) is 16.4. The van der Waals surface area contributed by atoms with E-state index in [0.29, 0.717) is 5.75 Å². The van der Waals surface area contributed by atoms with Gasteiger partial charge in [0.2, 0.25) is 5.91 Å². The largest absolute Gasteiger partial charge is 0.334 e. The van der Waals surface area contributed by atoms with Gasteiger partial charge in [-0.15, -0.1) is 0 Å². The van der Waals surface area contributed by atoms with E-state index in [-0.39, 0.29) is 5.91 Å². The molecule has 0 bridgehead atoms. The Morgan fingerprint density at radius 3 is 2.52 bits per heavy atom. The SMILES string of the molecule is Cc1cc(C)c(NC(=O)CSC2=Nc3cccc4cccc(c34)N2)c(C)c1. The van der Waals surface area contributed by atoms with Crippen molar-refractivity contribution >= 4 is 50.7 Å². The van der Waals surface area contributed by atoms with Crippen LogP contribution in [0.25, 0.3) is 10.8 Å². The topological polar surface area (TPSA) is 53.5 Å². The lowest BCUT2D eigenvalue weighted by Gasteiger charge is -2.18. The summed E-state index contributed by atoms with van der Waals surface area (Å²) in [6.07, 6.45) is 0. The normalized spacial score (nSPS) is 12.5. The van der Waals surface area contributed by atoms with Gasteiger partial charge < -0.3 is 10.6 Å².